The topological polar surface area (TPSA) is 42.7 Å². The number of hydrogen-bond acceptors (Lipinski definition) is 3. The van der Waals surface area contributed by atoms with Gasteiger partial charge < -0.3 is 5.32 Å². The van der Waals surface area contributed by atoms with E-state index < -0.39 is 0 Å². The van der Waals surface area contributed by atoms with Crippen LogP contribution in [0.1, 0.15) is 19.0 Å². The molecule has 0 unspecified atom stereocenters. The summed E-state index contributed by atoms with van der Waals surface area (Å²) in [6.07, 6.45) is 3.11. The summed E-state index contributed by atoms with van der Waals surface area (Å²) >= 11 is 0. The van der Waals surface area contributed by atoms with Gasteiger partial charge in [-0.25, -0.2) is 4.68 Å². The fourth-order valence-electron chi connectivity index (χ4n) is 2.30. The van der Waals surface area contributed by atoms with Crippen LogP contribution in [0.3, 0.4) is 0 Å². The maximum atomic E-state index is 4.24. The van der Waals surface area contributed by atoms with E-state index in [1.807, 2.05) is 29.1 Å². The highest BCUT2D eigenvalue weighted by Crippen LogP contribution is 2.21. The van der Waals surface area contributed by atoms with Crippen LogP contribution in [-0.4, -0.2) is 21.5 Å². The van der Waals surface area contributed by atoms with Gasteiger partial charge >= 0.3 is 0 Å². The SMILES string of the molecule is CCCNCc1cn(-c2cccc3ccccc23)nn1. The molecule has 0 saturated heterocycles. The molecule has 0 aliphatic heterocycles. The van der Waals surface area contributed by atoms with E-state index in [2.05, 4.69) is 46.8 Å². The van der Waals surface area contributed by atoms with Crippen molar-refractivity contribution in [3.05, 3.63) is 54.4 Å². The van der Waals surface area contributed by atoms with Gasteiger partial charge in [0.2, 0.25) is 0 Å². The molecule has 0 fully saturated rings. The lowest BCUT2D eigenvalue weighted by atomic mass is 10.1. The molecule has 0 spiro atoms. The Hall–Kier alpha value is -2.20. The first-order chi connectivity index (χ1) is 9.88. The Labute approximate surface area is 118 Å². The highest BCUT2D eigenvalue weighted by atomic mass is 15.4. The normalized spacial score (nSPS) is 11.1. The largest absolute Gasteiger partial charge is 0.311 e. The standard InChI is InChI=1S/C16H18N4/c1-2-10-17-11-14-12-20(19-18-14)16-9-5-7-13-6-3-4-8-15(13)16/h3-9,12,17H,2,10-11H2,1H3. The van der Waals surface area contributed by atoms with Crippen molar-refractivity contribution in [3.63, 3.8) is 0 Å². The molecule has 0 atom stereocenters. The summed E-state index contributed by atoms with van der Waals surface area (Å²) in [6.45, 7) is 3.92. The summed E-state index contributed by atoms with van der Waals surface area (Å²) in [4.78, 5) is 0. The Morgan fingerprint density at radius 2 is 1.95 bits per heavy atom. The maximum Gasteiger partial charge on any atom is 0.0969 e. The van der Waals surface area contributed by atoms with Crippen LogP contribution in [0, 0.1) is 0 Å². The molecular formula is C16H18N4. The third kappa shape index (κ3) is 2.56. The molecular weight excluding hydrogens is 248 g/mol. The van der Waals surface area contributed by atoms with Gasteiger partial charge in [0.15, 0.2) is 0 Å². The minimum atomic E-state index is 0.763. The molecule has 2 aromatic carbocycles. The van der Waals surface area contributed by atoms with Crippen molar-refractivity contribution in [1.82, 2.24) is 20.3 Å². The van der Waals surface area contributed by atoms with Gasteiger partial charge in [0.1, 0.15) is 0 Å². The minimum absolute atomic E-state index is 0.763. The van der Waals surface area contributed by atoms with Gasteiger partial charge in [0.05, 0.1) is 17.6 Å². The average molecular weight is 266 g/mol. The first-order valence-corrected chi connectivity index (χ1v) is 6.98. The molecule has 1 N–H and O–H groups in total. The van der Waals surface area contributed by atoms with E-state index in [0.717, 1.165) is 30.9 Å². The van der Waals surface area contributed by atoms with Crippen molar-refractivity contribution in [3.8, 4) is 5.69 Å². The van der Waals surface area contributed by atoms with E-state index in [1.54, 1.807) is 0 Å². The second-order valence-electron chi connectivity index (χ2n) is 4.83. The van der Waals surface area contributed by atoms with Crippen molar-refractivity contribution in [2.45, 2.75) is 19.9 Å². The quantitative estimate of drug-likeness (QED) is 0.722. The summed E-state index contributed by atoms with van der Waals surface area (Å²) in [5.41, 5.74) is 2.03. The van der Waals surface area contributed by atoms with Crippen molar-refractivity contribution in [2.75, 3.05) is 6.54 Å². The molecule has 0 radical (unpaired) electrons. The molecule has 0 amide bonds. The fourth-order valence-corrected chi connectivity index (χ4v) is 2.30. The Kier molecular flexibility index (Phi) is 3.74. The van der Waals surface area contributed by atoms with E-state index in [0.29, 0.717) is 0 Å². The Bertz CT molecular complexity index is 697. The van der Waals surface area contributed by atoms with Gasteiger partial charge in [-0.2, -0.15) is 0 Å². The van der Waals surface area contributed by atoms with Gasteiger partial charge in [-0.1, -0.05) is 48.5 Å². The zero-order valence-electron chi connectivity index (χ0n) is 11.6. The molecule has 1 aromatic heterocycles. The molecule has 3 rings (SSSR count). The Morgan fingerprint density at radius 3 is 2.85 bits per heavy atom. The first kappa shape index (κ1) is 12.8. The van der Waals surface area contributed by atoms with E-state index in [9.17, 15) is 0 Å². The lowest BCUT2D eigenvalue weighted by Crippen LogP contribution is -2.13. The number of fused-ring (bicyclic) bond motifs is 1. The maximum absolute atomic E-state index is 4.24. The van der Waals surface area contributed by atoms with Crippen LogP contribution < -0.4 is 5.32 Å². The molecule has 0 aliphatic carbocycles. The van der Waals surface area contributed by atoms with Gasteiger partial charge in [-0.3, -0.25) is 0 Å². The zero-order chi connectivity index (χ0) is 13.8. The number of aromatic nitrogens is 3. The van der Waals surface area contributed by atoms with Crippen molar-refractivity contribution < 1.29 is 0 Å². The predicted molar refractivity (Wildman–Crippen MR) is 80.9 cm³/mol. The molecule has 102 valence electrons. The van der Waals surface area contributed by atoms with Crippen LogP contribution in [0.2, 0.25) is 0 Å². The highest BCUT2D eigenvalue weighted by Gasteiger charge is 2.05. The molecule has 20 heavy (non-hydrogen) atoms. The Morgan fingerprint density at radius 1 is 1.10 bits per heavy atom. The van der Waals surface area contributed by atoms with Crippen LogP contribution in [0.4, 0.5) is 0 Å². The third-order valence-corrected chi connectivity index (χ3v) is 3.29. The summed E-state index contributed by atoms with van der Waals surface area (Å²) in [5, 5.41) is 14.2. The number of hydrogen-bond donors (Lipinski definition) is 1. The van der Waals surface area contributed by atoms with Crippen LogP contribution in [-0.2, 0) is 6.54 Å². The van der Waals surface area contributed by atoms with Gasteiger partial charge in [-0.15, -0.1) is 5.10 Å². The lowest BCUT2D eigenvalue weighted by Gasteiger charge is -2.05. The van der Waals surface area contributed by atoms with E-state index in [-0.39, 0.29) is 0 Å². The van der Waals surface area contributed by atoms with Crippen molar-refractivity contribution >= 4 is 10.8 Å². The van der Waals surface area contributed by atoms with Crippen molar-refractivity contribution in [2.24, 2.45) is 0 Å². The zero-order valence-corrected chi connectivity index (χ0v) is 11.6. The smallest absolute Gasteiger partial charge is 0.0969 e. The molecule has 0 saturated carbocycles. The number of nitrogens with zero attached hydrogens (tertiary/aromatic N) is 3. The fraction of sp³-hybridized carbons (Fsp3) is 0.250. The molecule has 4 heteroatoms. The number of rotatable bonds is 5. The first-order valence-electron chi connectivity index (χ1n) is 6.98. The van der Waals surface area contributed by atoms with E-state index >= 15 is 0 Å². The van der Waals surface area contributed by atoms with Crippen LogP contribution in [0.5, 0.6) is 0 Å². The van der Waals surface area contributed by atoms with E-state index in [4.69, 9.17) is 0 Å². The molecule has 0 bridgehead atoms. The number of benzene rings is 2. The minimum Gasteiger partial charge on any atom is -0.311 e. The van der Waals surface area contributed by atoms with Crippen LogP contribution >= 0.6 is 0 Å². The monoisotopic (exact) mass is 266 g/mol. The van der Waals surface area contributed by atoms with Gasteiger partial charge in [-0.05, 0) is 24.4 Å². The number of nitrogens with one attached hydrogen (secondary N) is 1. The molecule has 1 heterocycles. The average Bonchev–Trinajstić information content (AvgIpc) is 2.96. The van der Waals surface area contributed by atoms with Gasteiger partial charge in [0.25, 0.3) is 0 Å². The second-order valence-corrected chi connectivity index (χ2v) is 4.83. The van der Waals surface area contributed by atoms with Crippen LogP contribution in [0.15, 0.2) is 48.7 Å². The van der Waals surface area contributed by atoms with E-state index in [1.165, 1.54) is 10.8 Å². The highest BCUT2D eigenvalue weighted by molar-refractivity contribution is 5.89. The summed E-state index contributed by atoms with van der Waals surface area (Å²) < 4.78 is 1.85. The lowest BCUT2D eigenvalue weighted by molar-refractivity contribution is 0.662. The third-order valence-electron chi connectivity index (χ3n) is 3.29. The molecule has 0 aliphatic rings. The van der Waals surface area contributed by atoms with Crippen LogP contribution in [0.25, 0.3) is 16.5 Å². The Balaban J connectivity index is 1.91. The summed E-state index contributed by atoms with van der Waals surface area (Å²) in [5.74, 6) is 0. The molecule has 4 nitrogen and oxygen atoms in total. The predicted octanol–water partition coefficient (Wildman–Crippen LogP) is 2.92. The molecule has 3 aromatic rings. The van der Waals surface area contributed by atoms with Gasteiger partial charge in [0, 0.05) is 11.9 Å². The summed E-state index contributed by atoms with van der Waals surface area (Å²) in [6, 6.07) is 14.6. The van der Waals surface area contributed by atoms with Crippen molar-refractivity contribution in [1.29, 1.82) is 0 Å². The second kappa shape index (κ2) is 5.84. The summed E-state index contributed by atoms with van der Waals surface area (Å²) in [7, 11) is 0.